The van der Waals surface area contributed by atoms with Crippen LogP contribution in [0.25, 0.3) is 0 Å². The number of halogens is 8. The van der Waals surface area contributed by atoms with E-state index in [-0.39, 0.29) is 75.7 Å². The van der Waals surface area contributed by atoms with E-state index >= 15 is 0 Å². The molecule has 0 radical (unpaired) electrons. The molecule has 0 bridgehead atoms. The van der Waals surface area contributed by atoms with Gasteiger partial charge in [-0.2, -0.15) is 28.1 Å². The molecule has 6 N–H and O–H groups in total. The highest BCUT2D eigenvalue weighted by molar-refractivity contribution is 7.51. The number of nitrogens with one attached hydrogen (secondary N) is 3. The number of nitro groups is 1. The number of ether oxygens (including phenoxy) is 4. The fraction of sp³-hybridized carbons (Fsp3) is 0.423. The van der Waals surface area contributed by atoms with E-state index in [9.17, 15) is 42.2 Å². The van der Waals surface area contributed by atoms with Crippen molar-refractivity contribution >= 4 is 112 Å². The number of aryl methyl sites for hydroxylation is 2. The number of nitrogens with zero attached hydrogens (tertiary/aromatic N) is 6. The molecule has 83 heavy (non-hydrogen) atoms. The molecule has 5 aromatic rings. The number of methoxy groups -OCH3 is 1. The molecule has 0 saturated carbocycles. The molecular weight excluding hydrogens is 1220 g/mol. The second-order valence-electron chi connectivity index (χ2n) is 17.6. The third kappa shape index (κ3) is 25.4. The van der Waals surface area contributed by atoms with Crippen molar-refractivity contribution in [3.8, 4) is 23.0 Å². The van der Waals surface area contributed by atoms with Gasteiger partial charge < -0.3 is 54.3 Å². The van der Waals surface area contributed by atoms with Gasteiger partial charge in [0.25, 0.3) is 5.91 Å². The third-order valence-electron chi connectivity index (χ3n) is 10.5. The molecule has 6 rings (SSSR count). The van der Waals surface area contributed by atoms with Crippen LogP contribution >= 0.6 is 65.6 Å². The second-order valence-corrected chi connectivity index (χ2v) is 21.3. The minimum atomic E-state index is -4.52. The van der Waals surface area contributed by atoms with Gasteiger partial charge in [-0.05, 0) is 114 Å². The van der Waals surface area contributed by atoms with Gasteiger partial charge >= 0.3 is 25.4 Å². The number of fused-ring (bicyclic) bond motifs is 1. The summed E-state index contributed by atoms with van der Waals surface area (Å²) in [5.74, 6) is 0.227. The van der Waals surface area contributed by atoms with E-state index in [0.717, 1.165) is 53.7 Å². The summed E-state index contributed by atoms with van der Waals surface area (Å²) >= 11 is 28.5. The lowest BCUT2D eigenvalue weighted by Crippen LogP contribution is -2.47. The van der Waals surface area contributed by atoms with Crippen molar-refractivity contribution in [1.82, 2.24) is 20.3 Å². The first-order valence-corrected chi connectivity index (χ1v) is 29.0. The summed E-state index contributed by atoms with van der Waals surface area (Å²) in [6.45, 7) is 17.0. The number of alkyl halides is 6. The number of carbonyl (C=O) groups excluding carboxylic acids is 2. The Hall–Kier alpha value is -5.99. The summed E-state index contributed by atoms with van der Waals surface area (Å²) in [7, 11) is -2.46. The number of rotatable bonds is 20. The Labute approximate surface area is 503 Å². The molecular formula is C52H66Cl5F3N9O13P. The average Bonchev–Trinajstić information content (AvgIpc) is 3.53. The monoisotopic (exact) mass is 1290 g/mol. The van der Waals surface area contributed by atoms with Crippen LogP contribution < -0.4 is 40.0 Å². The molecule has 1 aliphatic rings. The zero-order chi connectivity index (χ0) is 62.8. The largest absolute Gasteiger partial charge is 0.489 e. The number of aromatic nitrogens is 3. The lowest BCUT2D eigenvalue weighted by Gasteiger charge is -2.35. The van der Waals surface area contributed by atoms with Gasteiger partial charge in [-0.3, -0.25) is 34.4 Å². The highest BCUT2D eigenvalue weighted by Crippen LogP contribution is 2.39. The maximum Gasteiger partial charge on any atom is 0.416 e. The SMILES string of the molecule is CC1COc2ccccc2N1C(=O)C(Cl)Cl.CCNc1nc(Cl)nc(NC(C)C)n1.CCOc1cc(Oc2ccc(C(F)(F)F)cc2Cl)ccc1[N+](=O)[O-].CCc1cccc(C)c1N(C(=O)CCl)C(C)COC.O=C(O)CNCP(=O)(O)O. The van der Waals surface area contributed by atoms with Gasteiger partial charge in [0.05, 0.1) is 65.0 Å². The van der Waals surface area contributed by atoms with Crippen molar-refractivity contribution in [2.45, 2.75) is 90.9 Å². The van der Waals surface area contributed by atoms with Crippen molar-refractivity contribution in [3.63, 3.8) is 0 Å². The molecule has 0 spiro atoms. The number of carbonyl (C=O) groups is 3. The molecule has 0 fully saturated rings. The predicted molar refractivity (Wildman–Crippen MR) is 316 cm³/mol. The van der Waals surface area contributed by atoms with Crippen molar-refractivity contribution in [1.29, 1.82) is 0 Å². The first kappa shape index (κ1) is 73.1. The highest BCUT2D eigenvalue weighted by Gasteiger charge is 2.33. The van der Waals surface area contributed by atoms with Crippen LogP contribution in [0, 0.1) is 17.0 Å². The van der Waals surface area contributed by atoms with Crippen LogP contribution in [0.5, 0.6) is 23.0 Å². The maximum absolute atomic E-state index is 12.6. The summed E-state index contributed by atoms with van der Waals surface area (Å²) in [5.41, 5.74) is 2.78. The van der Waals surface area contributed by atoms with E-state index in [1.807, 2.05) is 77.9 Å². The van der Waals surface area contributed by atoms with Gasteiger partial charge in [-0.15, -0.1) is 11.6 Å². The topological polar surface area (TPSA) is 290 Å². The van der Waals surface area contributed by atoms with Crippen molar-refractivity contribution < 1.29 is 70.9 Å². The van der Waals surface area contributed by atoms with Crippen LogP contribution in [0.1, 0.15) is 65.2 Å². The van der Waals surface area contributed by atoms with E-state index in [1.54, 1.807) is 23.8 Å². The molecule has 458 valence electrons. The molecule has 0 aliphatic carbocycles. The summed E-state index contributed by atoms with van der Waals surface area (Å²) in [4.78, 5) is 74.8. The molecule has 1 aliphatic heterocycles. The van der Waals surface area contributed by atoms with E-state index in [2.05, 4.69) is 43.9 Å². The van der Waals surface area contributed by atoms with Crippen LogP contribution in [0.2, 0.25) is 10.3 Å². The van der Waals surface area contributed by atoms with Crippen LogP contribution in [-0.4, -0.2) is 128 Å². The normalized spacial score (nSPS) is 12.9. The maximum atomic E-state index is 12.6. The number of hydrogen-bond acceptors (Lipinski definition) is 16. The number of nitro benzene ring substituents is 1. The number of carboxylic acid groups (broad SMARTS) is 1. The summed E-state index contributed by atoms with van der Waals surface area (Å²) < 4.78 is 69.1. The first-order chi connectivity index (χ1) is 38.9. The molecule has 22 nitrogen and oxygen atoms in total. The van der Waals surface area contributed by atoms with Gasteiger partial charge in [0.2, 0.25) is 28.8 Å². The zero-order valence-electron chi connectivity index (χ0n) is 46.6. The van der Waals surface area contributed by atoms with E-state index in [0.29, 0.717) is 30.9 Å². The van der Waals surface area contributed by atoms with E-state index in [4.69, 9.17) is 91.8 Å². The Morgan fingerprint density at radius 3 is 2.17 bits per heavy atom. The molecule has 2 amide bonds. The zero-order valence-corrected chi connectivity index (χ0v) is 51.2. The smallest absolute Gasteiger partial charge is 0.416 e. The Morgan fingerprint density at radius 1 is 0.964 bits per heavy atom. The standard InChI is InChI=1S/C15H11ClF3NO4.C15H22ClNO2.C11H11Cl2NO2.C8H14ClN5.C3H8NO5P/c1-2-23-14-8-10(4-5-12(14)20(21)22)24-13-6-3-9(7-11(13)16)15(17,18)19;1-5-13-8-6-7-11(2)15(13)17(14(18)9-16)12(3)10-19-4;1-7-6-16-9-5-3-2-4-8(9)14(7)11(15)10(12)13;1-4-10-7-12-6(9)13-8(14-7)11-5(2)3;5-3(6)1-4-2-10(7,8)9/h3-8H,2H2,1H3;6-8,12H,5,9-10H2,1-4H3;2-5,7,10H,6H2,1H3;5H,4H2,1-3H3,(H2,10,11,12,13,14);4H,1-2H2,(H,5,6)(H2,7,8,9). The summed E-state index contributed by atoms with van der Waals surface area (Å²) in [6, 6.07) is 20.0. The number of carboxylic acids is 1. The number of benzene rings is 4. The molecule has 2 heterocycles. The Bertz CT molecular complexity index is 2950. The molecule has 2 unspecified atom stereocenters. The fourth-order valence-corrected chi connectivity index (χ4v) is 8.27. The Kier molecular flexibility index (Phi) is 31.7. The fourth-order valence-electron chi connectivity index (χ4n) is 7.15. The van der Waals surface area contributed by atoms with Crippen molar-refractivity contribution in [3.05, 3.63) is 116 Å². The van der Waals surface area contributed by atoms with Crippen LogP contribution in [0.15, 0.2) is 78.9 Å². The number of para-hydroxylation sites is 3. The van der Waals surface area contributed by atoms with Crippen LogP contribution in [-0.2, 0) is 36.3 Å². The predicted octanol–water partition coefficient (Wildman–Crippen LogP) is 11.8. The number of anilines is 4. The van der Waals surface area contributed by atoms with Gasteiger partial charge in [0.1, 0.15) is 29.7 Å². The van der Waals surface area contributed by atoms with Gasteiger partial charge in [-0.1, -0.05) is 72.1 Å². The molecule has 4 aromatic carbocycles. The van der Waals surface area contributed by atoms with Crippen LogP contribution in [0.3, 0.4) is 0 Å². The third-order valence-corrected chi connectivity index (χ3v) is 12.2. The van der Waals surface area contributed by atoms with Crippen LogP contribution in [0.4, 0.5) is 42.1 Å². The lowest BCUT2D eigenvalue weighted by atomic mass is 10.0. The number of hydrogen-bond donors (Lipinski definition) is 6. The van der Waals surface area contributed by atoms with Gasteiger partial charge in [-0.25, -0.2) is 0 Å². The van der Waals surface area contributed by atoms with E-state index in [1.165, 1.54) is 18.2 Å². The minimum absolute atomic E-state index is 0.0111. The second kappa shape index (κ2) is 36.0. The Morgan fingerprint density at radius 2 is 1.63 bits per heavy atom. The molecule has 2 atom stereocenters. The quantitative estimate of drug-likeness (QED) is 0.0183. The molecule has 31 heteroatoms. The first-order valence-electron chi connectivity index (χ1n) is 25.1. The average molecular weight is 1290 g/mol. The van der Waals surface area contributed by atoms with Gasteiger partial charge in [0.15, 0.2) is 4.84 Å². The number of aliphatic carboxylic acids is 1. The molecule has 1 aromatic heterocycles. The summed E-state index contributed by atoms with van der Waals surface area (Å²) in [6.07, 6.45) is -4.24. The highest BCUT2D eigenvalue weighted by atomic mass is 35.5. The molecule has 0 saturated heterocycles. The summed E-state index contributed by atoms with van der Waals surface area (Å²) in [5, 5.41) is 27.0. The van der Waals surface area contributed by atoms with E-state index < -0.39 is 47.9 Å². The van der Waals surface area contributed by atoms with Crippen molar-refractivity contribution in [2.75, 3.05) is 72.6 Å². The minimum Gasteiger partial charge on any atom is -0.489 e. The number of amides is 2. The van der Waals surface area contributed by atoms with Crippen molar-refractivity contribution in [2.24, 2.45) is 0 Å². The lowest BCUT2D eigenvalue weighted by molar-refractivity contribution is -0.385. The Balaban J connectivity index is 0.000000364. The van der Waals surface area contributed by atoms with Gasteiger partial charge in [0, 0.05) is 31.8 Å².